The van der Waals surface area contributed by atoms with E-state index in [1.807, 2.05) is 19.1 Å². The smallest absolute Gasteiger partial charge is 0.249 e. The molecule has 2 rings (SSSR count). The molecule has 0 bridgehead atoms. The maximum Gasteiger partial charge on any atom is 0.249 e. The van der Waals surface area contributed by atoms with E-state index in [-0.39, 0.29) is 6.04 Å². The predicted octanol–water partition coefficient (Wildman–Crippen LogP) is 3.88. The van der Waals surface area contributed by atoms with Gasteiger partial charge >= 0.3 is 0 Å². The third-order valence-corrected chi connectivity index (χ3v) is 3.86. The number of carbonyl (C=O) groups is 1. The van der Waals surface area contributed by atoms with Gasteiger partial charge < -0.3 is 11.1 Å². The summed E-state index contributed by atoms with van der Waals surface area (Å²) in [6, 6.07) is 12.2. The van der Waals surface area contributed by atoms with Gasteiger partial charge in [-0.15, -0.1) is 0 Å². The molecule has 0 saturated carbocycles. The van der Waals surface area contributed by atoms with Crippen LogP contribution in [0.1, 0.15) is 45.6 Å². The van der Waals surface area contributed by atoms with Crippen LogP contribution in [0.15, 0.2) is 36.4 Å². The predicted molar refractivity (Wildman–Crippen MR) is 87.7 cm³/mol. The molecule has 3 nitrogen and oxygen atoms in total. The zero-order chi connectivity index (χ0) is 15.6. The fraction of sp³-hybridized carbons (Fsp3) is 0.278. The van der Waals surface area contributed by atoms with Crippen LogP contribution in [0.25, 0.3) is 0 Å². The standard InChI is InChI=1S/C18H22N2O/c1-11-8-9-15(12(2)10-11)14(4)20-17-7-5-6-16(13(17)3)18(19)21/h5-10,14,20H,1-4H3,(H2,19,21). The molecule has 1 amide bonds. The second-order valence-electron chi connectivity index (χ2n) is 5.57. The molecule has 0 aliphatic heterocycles. The first-order valence-corrected chi connectivity index (χ1v) is 7.13. The average Bonchev–Trinajstić information content (AvgIpc) is 2.40. The third kappa shape index (κ3) is 3.24. The van der Waals surface area contributed by atoms with Gasteiger partial charge in [0.05, 0.1) is 0 Å². The van der Waals surface area contributed by atoms with Crippen molar-refractivity contribution in [1.29, 1.82) is 0 Å². The van der Waals surface area contributed by atoms with E-state index in [9.17, 15) is 4.79 Å². The van der Waals surface area contributed by atoms with Gasteiger partial charge in [0.1, 0.15) is 0 Å². The summed E-state index contributed by atoms with van der Waals surface area (Å²) in [7, 11) is 0. The van der Waals surface area contributed by atoms with Crippen molar-refractivity contribution in [1.82, 2.24) is 0 Å². The quantitative estimate of drug-likeness (QED) is 0.894. The van der Waals surface area contributed by atoms with Crippen LogP contribution in [-0.4, -0.2) is 5.91 Å². The summed E-state index contributed by atoms with van der Waals surface area (Å²) in [5.41, 5.74) is 11.6. The van der Waals surface area contributed by atoms with Crippen LogP contribution in [0.2, 0.25) is 0 Å². The van der Waals surface area contributed by atoms with Gasteiger partial charge in [-0.2, -0.15) is 0 Å². The lowest BCUT2D eigenvalue weighted by Gasteiger charge is -2.20. The Kier molecular flexibility index (Phi) is 4.32. The van der Waals surface area contributed by atoms with Gasteiger partial charge in [-0.1, -0.05) is 29.8 Å². The van der Waals surface area contributed by atoms with Crippen LogP contribution in [0.5, 0.6) is 0 Å². The fourth-order valence-corrected chi connectivity index (χ4v) is 2.68. The summed E-state index contributed by atoms with van der Waals surface area (Å²) in [5, 5.41) is 3.47. The zero-order valence-corrected chi connectivity index (χ0v) is 13.0. The third-order valence-electron chi connectivity index (χ3n) is 3.86. The largest absolute Gasteiger partial charge is 0.378 e. The fourth-order valence-electron chi connectivity index (χ4n) is 2.68. The summed E-state index contributed by atoms with van der Waals surface area (Å²) >= 11 is 0. The van der Waals surface area contributed by atoms with Crippen LogP contribution >= 0.6 is 0 Å². The van der Waals surface area contributed by atoms with Gasteiger partial charge in [0.15, 0.2) is 0 Å². The minimum Gasteiger partial charge on any atom is -0.378 e. The maximum atomic E-state index is 11.4. The maximum absolute atomic E-state index is 11.4. The van der Waals surface area contributed by atoms with Crippen molar-refractivity contribution in [3.05, 3.63) is 64.2 Å². The van der Waals surface area contributed by atoms with Crippen LogP contribution in [0.4, 0.5) is 5.69 Å². The Morgan fingerprint density at radius 2 is 1.86 bits per heavy atom. The number of hydrogen-bond donors (Lipinski definition) is 2. The highest BCUT2D eigenvalue weighted by molar-refractivity contribution is 5.95. The molecule has 0 heterocycles. The number of rotatable bonds is 4. The highest BCUT2D eigenvalue weighted by Crippen LogP contribution is 2.26. The van der Waals surface area contributed by atoms with Crippen molar-refractivity contribution >= 4 is 11.6 Å². The number of nitrogens with two attached hydrogens (primary N) is 1. The summed E-state index contributed by atoms with van der Waals surface area (Å²) in [6.45, 7) is 8.24. The average molecular weight is 282 g/mol. The summed E-state index contributed by atoms with van der Waals surface area (Å²) < 4.78 is 0. The highest BCUT2D eigenvalue weighted by Gasteiger charge is 2.12. The summed E-state index contributed by atoms with van der Waals surface area (Å²) in [6.07, 6.45) is 0. The van der Waals surface area contributed by atoms with Crippen LogP contribution in [-0.2, 0) is 0 Å². The van der Waals surface area contributed by atoms with E-state index < -0.39 is 5.91 Å². The normalized spacial score (nSPS) is 12.0. The molecule has 0 aliphatic carbocycles. The van der Waals surface area contributed by atoms with E-state index in [4.69, 9.17) is 5.73 Å². The molecule has 1 unspecified atom stereocenters. The molecule has 3 N–H and O–H groups in total. The molecule has 0 saturated heterocycles. The number of aryl methyl sites for hydroxylation is 2. The number of anilines is 1. The van der Waals surface area contributed by atoms with E-state index >= 15 is 0 Å². The molecule has 0 radical (unpaired) electrons. The monoisotopic (exact) mass is 282 g/mol. The Bertz CT molecular complexity index is 677. The number of hydrogen-bond acceptors (Lipinski definition) is 2. The van der Waals surface area contributed by atoms with Gasteiger partial charge in [0.2, 0.25) is 5.91 Å². The minimum atomic E-state index is -0.393. The lowest BCUT2D eigenvalue weighted by molar-refractivity contribution is 0.1000. The molecule has 0 aliphatic rings. The van der Waals surface area contributed by atoms with Gasteiger partial charge in [-0.3, -0.25) is 4.79 Å². The van der Waals surface area contributed by atoms with Gasteiger partial charge in [-0.05, 0) is 56.5 Å². The van der Waals surface area contributed by atoms with Crippen molar-refractivity contribution in [2.24, 2.45) is 5.73 Å². The van der Waals surface area contributed by atoms with Gasteiger partial charge in [0, 0.05) is 17.3 Å². The van der Waals surface area contributed by atoms with Crippen molar-refractivity contribution in [3.8, 4) is 0 Å². The molecule has 0 spiro atoms. The Morgan fingerprint density at radius 3 is 2.48 bits per heavy atom. The number of amides is 1. The van der Waals surface area contributed by atoms with Crippen LogP contribution < -0.4 is 11.1 Å². The summed E-state index contributed by atoms with van der Waals surface area (Å²) in [5.74, 6) is -0.393. The Balaban J connectivity index is 2.29. The molecule has 2 aromatic carbocycles. The zero-order valence-electron chi connectivity index (χ0n) is 13.0. The Hall–Kier alpha value is -2.29. The van der Waals surface area contributed by atoms with Crippen molar-refractivity contribution < 1.29 is 4.79 Å². The molecule has 0 fully saturated rings. The van der Waals surface area contributed by atoms with Crippen LogP contribution in [0, 0.1) is 20.8 Å². The van der Waals surface area contributed by atoms with E-state index in [0.717, 1.165) is 11.3 Å². The van der Waals surface area contributed by atoms with Gasteiger partial charge in [-0.25, -0.2) is 0 Å². The van der Waals surface area contributed by atoms with Gasteiger partial charge in [0.25, 0.3) is 0 Å². The Labute approximate surface area is 126 Å². The number of carbonyl (C=O) groups excluding carboxylic acids is 1. The molecule has 2 aromatic rings. The van der Waals surface area contributed by atoms with Crippen molar-refractivity contribution in [2.75, 3.05) is 5.32 Å². The molecule has 110 valence electrons. The summed E-state index contributed by atoms with van der Waals surface area (Å²) in [4.78, 5) is 11.4. The van der Waals surface area contributed by atoms with Crippen molar-refractivity contribution in [3.63, 3.8) is 0 Å². The first kappa shape index (κ1) is 15.1. The number of primary amides is 1. The van der Waals surface area contributed by atoms with E-state index in [1.165, 1.54) is 16.7 Å². The van der Waals surface area contributed by atoms with Crippen LogP contribution in [0.3, 0.4) is 0 Å². The Morgan fingerprint density at radius 1 is 1.14 bits per heavy atom. The van der Waals surface area contributed by atoms with E-state index in [1.54, 1.807) is 6.07 Å². The first-order valence-electron chi connectivity index (χ1n) is 7.13. The second kappa shape index (κ2) is 6.00. The minimum absolute atomic E-state index is 0.160. The second-order valence-corrected chi connectivity index (χ2v) is 5.57. The molecule has 1 atom stereocenters. The SMILES string of the molecule is Cc1ccc(C(C)Nc2cccc(C(N)=O)c2C)c(C)c1. The molecule has 3 heteroatoms. The lowest BCUT2D eigenvalue weighted by atomic mass is 9.99. The first-order chi connectivity index (χ1) is 9.90. The molecular weight excluding hydrogens is 260 g/mol. The molecular formula is C18H22N2O. The molecule has 0 aromatic heterocycles. The molecule has 21 heavy (non-hydrogen) atoms. The van der Waals surface area contributed by atoms with E-state index in [2.05, 4.69) is 44.3 Å². The van der Waals surface area contributed by atoms with Crippen molar-refractivity contribution in [2.45, 2.75) is 33.7 Å². The lowest BCUT2D eigenvalue weighted by Crippen LogP contribution is -2.15. The number of benzene rings is 2. The topological polar surface area (TPSA) is 55.1 Å². The van der Waals surface area contributed by atoms with E-state index in [0.29, 0.717) is 5.56 Å². The highest BCUT2D eigenvalue weighted by atomic mass is 16.1. The number of nitrogens with one attached hydrogen (secondary N) is 1.